The molecule has 7 nitrogen and oxygen atoms in total. The van der Waals surface area contributed by atoms with Gasteiger partial charge in [0.05, 0.1) is 25.0 Å². The first-order chi connectivity index (χ1) is 11.7. The van der Waals surface area contributed by atoms with Gasteiger partial charge in [-0.3, -0.25) is 9.59 Å². The van der Waals surface area contributed by atoms with Crippen molar-refractivity contribution in [3.63, 3.8) is 0 Å². The molecular formula is C17H20N4O3. The summed E-state index contributed by atoms with van der Waals surface area (Å²) in [7, 11) is 1.55. The van der Waals surface area contributed by atoms with Gasteiger partial charge in [0.2, 0.25) is 11.8 Å². The van der Waals surface area contributed by atoms with Crippen LogP contribution in [0.1, 0.15) is 5.56 Å². The molecule has 0 unspecified atom stereocenters. The number of carbonyl (C=O) groups excluding carboxylic acids is 2. The largest absolute Gasteiger partial charge is 0.383 e. The molecular weight excluding hydrogens is 308 g/mol. The van der Waals surface area contributed by atoms with Crippen molar-refractivity contribution >= 4 is 17.9 Å². The van der Waals surface area contributed by atoms with Gasteiger partial charge in [-0.1, -0.05) is 18.2 Å². The number of nitrogens with zero attached hydrogens (tertiary/aromatic N) is 2. The lowest BCUT2D eigenvalue weighted by Crippen LogP contribution is -2.37. The van der Waals surface area contributed by atoms with Gasteiger partial charge >= 0.3 is 0 Å². The Morgan fingerprint density at radius 3 is 2.79 bits per heavy atom. The van der Waals surface area contributed by atoms with Crippen molar-refractivity contribution in [3.05, 3.63) is 54.4 Å². The molecule has 24 heavy (non-hydrogen) atoms. The van der Waals surface area contributed by atoms with Crippen LogP contribution in [0.2, 0.25) is 0 Å². The Hall–Kier alpha value is -2.93. The first-order valence-corrected chi connectivity index (χ1v) is 7.50. The summed E-state index contributed by atoms with van der Waals surface area (Å²) in [5, 5.41) is 9.37. The van der Waals surface area contributed by atoms with Crippen molar-refractivity contribution in [2.75, 3.05) is 26.8 Å². The minimum atomic E-state index is -0.343. The zero-order valence-corrected chi connectivity index (χ0v) is 13.4. The van der Waals surface area contributed by atoms with E-state index in [1.807, 2.05) is 36.5 Å². The molecule has 0 aliphatic rings. The summed E-state index contributed by atoms with van der Waals surface area (Å²) >= 11 is 0. The average Bonchev–Trinajstić information content (AvgIpc) is 3.08. The van der Waals surface area contributed by atoms with E-state index in [9.17, 15) is 9.59 Å². The summed E-state index contributed by atoms with van der Waals surface area (Å²) in [5.74, 6) is -0.602. The molecule has 0 saturated heterocycles. The van der Waals surface area contributed by atoms with Gasteiger partial charge in [-0.05, 0) is 18.2 Å². The normalized spacial score (nSPS) is 10.7. The molecule has 2 rings (SSSR count). The third-order valence-corrected chi connectivity index (χ3v) is 3.10. The number of para-hydroxylation sites is 1. The molecule has 0 saturated carbocycles. The minimum Gasteiger partial charge on any atom is -0.383 e. The van der Waals surface area contributed by atoms with Crippen molar-refractivity contribution in [3.8, 4) is 5.69 Å². The van der Waals surface area contributed by atoms with Gasteiger partial charge in [-0.2, -0.15) is 5.10 Å². The fourth-order valence-electron chi connectivity index (χ4n) is 1.90. The number of amides is 2. The topological polar surface area (TPSA) is 85.2 Å². The van der Waals surface area contributed by atoms with E-state index in [1.54, 1.807) is 24.1 Å². The lowest BCUT2D eigenvalue weighted by molar-refractivity contribution is -0.124. The molecule has 0 radical (unpaired) electrons. The summed E-state index contributed by atoms with van der Waals surface area (Å²) in [6.07, 6.45) is 6.49. The molecule has 0 aliphatic carbocycles. The molecule has 0 atom stereocenters. The minimum absolute atomic E-state index is 0.0732. The summed E-state index contributed by atoms with van der Waals surface area (Å²) in [4.78, 5) is 23.1. The standard InChI is InChI=1S/C17H20N4O3/c1-24-10-9-18-17(23)12-19-16(22)8-7-14-11-20-21(13-14)15-5-3-2-4-6-15/h2-8,11,13H,9-10,12H2,1H3,(H,18,23)(H,19,22)/b8-7+. The third kappa shape index (κ3) is 5.69. The van der Waals surface area contributed by atoms with Crippen molar-refractivity contribution in [1.82, 2.24) is 20.4 Å². The van der Waals surface area contributed by atoms with Crippen LogP contribution >= 0.6 is 0 Å². The number of hydrogen-bond donors (Lipinski definition) is 2. The summed E-state index contributed by atoms with van der Waals surface area (Å²) in [6, 6.07) is 9.67. The van der Waals surface area contributed by atoms with E-state index in [1.165, 1.54) is 6.08 Å². The predicted molar refractivity (Wildman–Crippen MR) is 90.5 cm³/mol. The highest BCUT2D eigenvalue weighted by Gasteiger charge is 2.03. The maximum atomic E-state index is 11.7. The van der Waals surface area contributed by atoms with Gasteiger partial charge < -0.3 is 15.4 Å². The molecule has 0 fully saturated rings. The van der Waals surface area contributed by atoms with Gasteiger partial charge in [0.15, 0.2) is 0 Å². The molecule has 0 bridgehead atoms. The van der Waals surface area contributed by atoms with Crippen LogP contribution in [0.4, 0.5) is 0 Å². The molecule has 0 spiro atoms. The van der Waals surface area contributed by atoms with E-state index < -0.39 is 0 Å². The van der Waals surface area contributed by atoms with Crippen LogP contribution in [-0.4, -0.2) is 48.4 Å². The smallest absolute Gasteiger partial charge is 0.244 e. The van der Waals surface area contributed by atoms with Crippen LogP contribution in [-0.2, 0) is 14.3 Å². The zero-order chi connectivity index (χ0) is 17.2. The first-order valence-electron chi connectivity index (χ1n) is 7.50. The molecule has 1 aromatic carbocycles. The Bertz CT molecular complexity index is 695. The molecule has 126 valence electrons. The highest BCUT2D eigenvalue weighted by Crippen LogP contribution is 2.08. The van der Waals surface area contributed by atoms with Crippen LogP contribution in [0.3, 0.4) is 0 Å². The van der Waals surface area contributed by atoms with E-state index in [0.29, 0.717) is 13.2 Å². The summed E-state index contributed by atoms with van der Waals surface area (Å²) in [6.45, 7) is 0.779. The highest BCUT2D eigenvalue weighted by molar-refractivity contribution is 5.94. The molecule has 2 N–H and O–H groups in total. The number of hydrogen-bond acceptors (Lipinski definition) is 4. The Balaban J connectivity index is 1.80. The SMILES string of the molecule is COCCNC(=O)CNC(=O)/C=C/c1cnn(-c2ccccc2)c1. The van der Waals surface area contributed by atoms with E-state index in [2.05, 4.69) is 15.7 Å². The molecule has 1 aromatic heterocycles. The van der Waals surface area contributed by atoms with Gasteiger partial charge in [0.1, 0.15) is 0 Å². The fourth-order valence-corrected chi connectivity index (χ4v) is 1.90. The second-order valence-corrected chi connectivity index (χ2v) is 4.95. The number of aromatic nitrogens is 2. The molecule has 7 heteroatoms. The third-order valence-electron chi connectivity index (χ3n) is 3.10. The van der Waals surface area contributed by atoms with E-state index in [-0.39, 0.29) is 18.4 Å². The van der Waals surface area contributed by atoms with Crippen LogP contribution in [0.25, 0.3) is 11.8 Å². The molecule has 1 heterocycles. The fraction of sp³-hybridized carbons (Fsp3) is 0.235. The van der Waals surface area contributed by atoms with E-state index >= 15 is 0 Å². The maximum Gasteiger partial charge on any atom is 0.244 e. The summed E-state index contributed by atoms with van der Waals surface area (Å²) < 4.78 is 6.54. The number of ether oxygens (including phenoxy) is 1. The molecule has 2 aromatic rings. The van der Waals surface area contributed by atoms with Gasteiger partial charge in [-0.15, -0.1) is 0 Å². The van der Waals surface area contributed by atoms with Crippen LogP contribution in [0.5, 0.6) is 0 Å². The Morgan fingerprint density at radius 1 is 1.25 bits per heavy atom. The number of methoxy groups -OCH3 is 1. The predicted octanol–water partition coefficient (Wildman–Crippen LogP) is 0.764. The quantitative estimate of drug-likeness (QED) is 0.553. The monoisotopic (exact) mass is 328 g/mol. The lowest BCUT2D eigenvalue weighted by atomic mass is 10.3. The Labute approximate surface area is 140 Å². The zero-order valence-electron chi connectivity index (χ0n) is 13.4. The maximum absolute atomic E-state index is 11.7. The average molecular weight is 328 g/mol. The van der Waals surface area contributed by atoms with Crippen molar-refractivity contribution in [2.24, 2.45) is 0 Å². The highest BCUT2D eigenvalue weighted by atomic mass is 16.5. The van der Waals surface area contributed by atoms with Crippen molar-refractivity contribution < 1.29 is 14.3 Å². The second kappa shape index (κ2) is 9.26. The van der Waals surface area contributed by atoms with Crippen LogP contribution in [0, 0.1) is 0 Å². The number of carbonyl (C=O) groups is 2. The van der Waals surface area contributed by atoms with E-state index in [0.717, 1.165) is 11.3 Å². The Kier molecular flexibility index (Phi) is 6.73. The van der Waals surface area contributed by atoms with E-state index in [4.69, 9.17) is 4.74 Å². The van der Waals surface area contributed by atoms with Gasteiger partial charge in [0, 0.05) is 31.5 Å². The lowest BCUT2D eigenvalue weighted by Gasteiger charge is -2.04. The van der Waals surface area contributed by atoms with Crippen molar-refractivity contribution in [2.45, 2.75) is 0 Å². The van der Waals surface area contributed by atoms with Gasteiger partial charge in [-0.25, -0.2) is 4.68 Å². The Morgan fingerprint density at radius 2 is 2.04 bits per heavy atom. The summed E-state index contributed by atoms with van der Waals surface area (Å²) in [5.41, 5.74) is 1.73. The van der Waals surface area contributed by atoms with Crippen LogP contribution in [0.15, 0.2) is 48.8 Å². The second-order valence-electron chi connectivity index (χ2n) is 4.95. The number of rotatable bonds is 8. The number of nitrogens with one attached hydrogen (secondary N) is 2. The van der Waals surface area contributed by atoms with Gasteiger partial charge in [0.25, 0.3) is 0 Å². The molecule has 0 aliphatic heterocycles. The number of benzene rings is 1. The molecule has 2 amide bonds. The van der Waals surface area contributed by atoms with Crippen LogP contribution < -0.4 is 10.6 Å². The van der Waals surface area contributed by atoms with Crippen molar-refractivity contribution in [1.29, 1.82) is 0 Å². The first kappa shape index (κ1) is 17.4.